The molecule has 0 unspecified atom stereocenters. The van der Waals surface area contributed by atoms with Crippen molar-refractivity contribution >= 4 is 22.2 Å². The van der Waals surface area contributed by atoms with Crippen molar-refractivity contribution in [1.82, 2.24) is 0 Å². The van der Waals surface area contributed by atoms with Crippen molar-refractivity contribution in [3.05, 3.63) is 24.5 Å². The van der Waals surface area contributed by atoms with Crippen LogP contribution in [0, 0.1) is 0 Å². The molecule has 0 aliphatic heterocycles. The Bertz CT molecular complexity index is 271. The fraction of sp³-hybridized carbons (Fsp3) is 0.400. The summed E-state index contributed by atoms with van der Waals surface area (Å²) >= 11 is 0. The molecule has 4 nitrogen and oxygen atoms in total. The molecule has 84 valence electrons. The van der Waals surface area contributed by atoms with Gasteiger partial charge in [0, 0.05) is 16.3 Å². The van der Waals surface area contributed by atoms with Crippen LogP contribution < -0.4 is 0 Å². The summed E-state index contributed by atoms with van der Waals surface area (Å²) in [6.45, 7) is 5.17. The highest BCUT2D eigenvalue weighted by atomic mass is 28.1. The molecule has 0 N–H and O–H groups in total. The quantitative estimate of drug-likeness (QED) is 0.216. The van der Waals surface area contributed by atoms with Crippen LogP contribution in [-0.4, -0.2) is 28.8 Å². The zero-order valence-corrected chi connectivity index (χ0v) is 11.1. The smallest absolute Gasteiger partial charge is 0.336 e. The number of ether oxygens (including phenoxy) is 2. The summed E-state index contributed by atoms with van der Waals surface area (Å²) in [6.07, 6.45) is 2.99. The summed E-state index contributed by atoms with van der Waals surface area (Å²) in [5.41, 5.74) is 0.263. The van der Waals surface area contributed by atoms with Gasteiger partial charge in [0.1, 0.15) is 6.26 Å². The van der Waals surface area contributed by atoms with Crippen molar-refractivity contribution in [3.8, 4) is 0 Å². The van der Waals surface area contributed by atoms with E-state index in [-0.39, 0.29) is 5.57 Å². The third kappa shape index (κ3) is 6.67. The molecule has 0 aromatic heterocycles. The van der Waals surface area contributed by atoms with E-state index in [0.29, 0.717) is 6.61 Å². The minimum absolute atomic E-state index is 0.263. The lowest BCUT2D eigenvalue weighted by atomic mass is 10.3. The number of hydrogen-bond acceptors (Lipinski definition) is 4. The van der Waals surface area contributed by atoms with E-state index in [9.17, 15) is 9.59 Å². The Morgan fingerprint density at radius 3 is 2.67 bits per heavy atom. The Morgan fingerprint density at radius 1 is 1.47 bits per heavy atom. The highest BCUT2D eigenvalue weighted by Crippen LogP contribution is 1.99. The van der Waals surface area contributed by atoms with E-state index in [1.807, 2.05) is 0 Å². The Labute approximate surface area is 92.4 Å². The van der Waals surface area contributed by atoms with Crippen molar-refractivity contribution in [3.63, 3.8) is 0 Å². The van der Waals surface area contributed by atoms with Gasteiger partial charge in [-0.25, -0.2) is 9.59 Å². The summed E-state index contributed by atoms with van der Waals surface area (Å²) in [6, 6.07) is 1.10. The van der Waals surface area contributed by atoms with Crippen LogP contribution in [0.2, 0.25) is 6.04 Å². The van der Waals surface area contributed by atoms with E-state index >= 15 is 0 Å². The average molecular weight is 228 g/mol. The topological polar surface area (TPSA) is 52.6 Å². The minimum Gasteiger partial charge on any atom is -0.462 e. The van der Waals surface area contributed by atoms with Crippen molar-refractivity contribution in [2.24, 2.45) is 0 Å². The highest BCUT2D eigenvalue weighted by molar-refractivity contribution is 6.08. The molecule has 0 bridgehead atoms. The second-order valence-electron chi connectivity index (χ2n) is 2.93. The first-order chi connectivity index (χ1) is 7.11. The highest BCUT2D eigenvalue weighted by Gasteiger charge is 2.06. The van der Waals surface area contributed by atoms with Crippen LogP contribution in [-0.2, 0) is 19.1 Å². The van der Waals surface area contributed by atoms with Crippen LogP contribution in [0.4, 0.5) is 0 Å². The standard InChI is InChI=1S/C10H16O4Si/c1-3-9(11)14-7-8(2)10(12)13-5-4-6-15/h3,7H,1,4-6H2,2,15H3. The predicted octanol–water partition coefficient (Wildman–Crippen LogP) is 0.336. The Hall–Kier alpha value is -1.36. The van der Waals surface area contributed by atoms with Gasteiger partial charge in [0.2, 0.25) is 0 Å². The molecule has 0 fully saturated rings. The van der Waals surface area contributed by atoms with Gasteiger partial charge >= 0.3 is 11.9 Å². The summed E-state index contributed by atoms with van der Waals surface area (Å²) in [5.74, 6) is -1.05. The van der Waals surface area contributed by atoms with Crippen molar-refractivity contribution < 1.29 is 19.1 Å². The predicted molar refractivity (Wildman–Crippen MR) is 60.4 cm³/mol. The Balaban J connectivity index is 3.96. The third-order valence-corrected chi connectivity index (χ3v) is 2.28. The monoisotopic (exact) mass is 228 g/mol. The first-order valence-corrected chi connectivity index (χ1v) is 6.20. The van der Waals surface area contributed by atoms with E-state index in [2.05, 4.69) is 11.3 Å². The molecule has 15 heavy (non-hydrogen) atoms. The number of rotatable bonds is 6. The fourth-order valence-corrected chi connectivity index (χ4v) is 0.954. The summed E-state index contributed by atoms with van der Waals surface area (Å²) in [7, 11) is 1.11. The molecule has 0 radical (unpaired) electrons. The second-order valence-corrected chi connectivity index (χ2v) is 3.93. The maximum Gasteiger partial charge on any atom is 0.336 e. The summed E-state index contributed by atoms with van der Waals surface area (Å²) in [4.78, 5) is 21.9. The number of carbonyl (C=O) groups excluding carboxylic acids is 2. The normalized spacial score (nSPS) is 10.9. The van der Waals surface area contributed by atoms with Gasteiger partial charge in [-0.1, -0.05) is 12.6 Å². The van der Waals surface area contributed by atoms with Crippen molar-refractivity contribution in [2.75, 3.05) is 6.61 Å². The van der Waals surface area contributed by atoms with Crippen LogP contribution in [0.25, 0.3) is 0 Å². The first-order valence-electron chi connectivity index (χ1n) is 4.78. The van der Waals surface area contributed by atoms with Gasteiger partial charge < -0.3 is 9.47 Å². The molecule has 0 amide bonds. The van der Waals surface area contributed by atoms with E-state index in [0.717, 1.165) is 35.0 Å². The zero-order chi connectivity index (χ0) is 11.7. The molecule has 5 heteroatoms. The molecule has 0 saturated heterocycles. The molecular weight excluding hydrogens is 212 g/mol. The van der Waals surface area contributed by atoms with Gasteiger partial charge in [-0.2, -0.15) is 0 Å². The van der Waals surface area contributed by atoms with Gasteiger partial charge in [-0.3, -0.25) is 0 Å². The van der Waals surface area contributed by atoms with E-state index in [1.165, 1.54) is 6.92 Å². The van der Waals surface area contributed by atoms with Crippen molar-refractivity contribution in [2.45, 2.75) is 19.4 Å². The molecule has 0 atom stereocenters. The summed E-state index contributed by atoms with van der Waals surface area (Å²) < 4.78 is 9.48. The molecular formula is C10H16O4Si. The fourth-order valence-electron chi connectivity index (χ4n) is 0.666. The third-order valence-electron chi connectivity index (χ3n) is 1.57. The number of esters is 2. The minimum atomic E-state index is -0.596. The van der Waals surface area contributed by atoms with Gasteiger partial charge in [0.05, 0.1) is 12.2 Å². The van der Waals surface area contributed by atoms with Crippen LogP contribution in [0.15, 0.2) is 24.5 Å². The number of carbonyl (C=O) groups is 2. The molecule has 0 spiro atoms. The van der Waals surface area contributed by atoms with Gasteiger partial charge in [0.15, 0.2) is 0 Å². The lowest BCUT2D eigenvalue weighted by Crippen LogP contribution is -2.08. The lowest BCUT2D eigenvalue weighted by Gasteiger charge is -2.03. The molecule has 0 aliphatic carbocycles. The van der Waals surface area contributed by atoms with E-state index in [1.54, 1.807) is 0 Å². The molecule has 0 heterocycles. The Kier molecular flexibility index (Phi) is 7.26. The zero-order valence-electron chi connectivity index (χ0n) is 9.12. The van der Waals surface area contributed by atoms with E-state index in [4.69, 9.17) is 4.74 Å². The van der Waals surface area contributed by atoms with Gasteiger partial charge in [-0.05, 0) is 13.3 Å². The maximum atomic E-state index is 11.2. The summed E-state index contributed by atoms with van der Waals surface area (Å²) in [5, 5.41) is 0. The lowest BCUT2D eigenvalue weighted by molar-refractivity contribution is -0.139. The van der Waals surface area contributed by atoms with Gasteiger partial charge in [0.25, 0.3) is 0 Å². The van der Waals surface area contributed by atoms with Crippen LogP contribution in [0.1, 0.15) is 13.3 Å². The SMILES string of the molecule is C=CC(=O)OC=C(C)C(=O)OCCC[SiH3]. The second kappa shape index (κ2) is 7.99. The number of hydrogen-bond donors (Lipinski definition) is 0. The molecule has 0 aromatic rings. The first kappa shape index (κ1) is 13.6. The van der Waals surface area contributed by atoms with Gasteiger partial charge in [-0.15, -0.1) is 0 Å². The largest absolute Gasteiger partial charge is 0.462 e. The molecule has 0 saturated carbocycles. The average Bonchev–Trinajstić information content (AvgIpc) is 2.25. The van der Waals surface area contributed by atoms with E-state index < -0.39 is 11.9 Å². The molecule has 0 rings (SSSR count). The van der Waals surface area contributed by atoms with Crippen LogP contribution in [0.3, 0.4) is 0 Å². The maximum absolute atomic E-state index is 11.2. The van der Waals surface area contributed by atoms with Crippen molar-refractivity contribution in [1.29, 1.82) is 0 Å². The molecule has 0 aromatic carbocycles. The van der Waals surface area contributed by atoms with Crippen LogP contribution >= 0.6 is 0 Å². The molecule has 0 aliphatic rings. The van der Waals surface area contributed by atoms with Crippen LogP contribution in [0.5, 0.6) is 0 Å². The Morgan fingerprint density at radius 2 is 2.13 bits per heavy atom.